The monoisotopic (exact) mass is 217 g/mol. The van der Waals surface area contributed by atoms with Crippen molar-refractivity contribution < 1.29 is 0 Å². The Bertz CT molecular complexity index is 351. The van der Waals surface area contributed by atoms with Crippen molar-refractivity contribution in [3.8, 4) is 0 Å². The Morgan fingerprint density at radius 3 is 2.88 bits per heavy atom. The second-order valence-corrected chi connectivity index (χ2v) is 5.41. The first-order valence-electron chi connectivity index (χ1n) is 6.34. The van der Waals surface area contributed by atoms with Crippen molar-refractivity contribution in [1.29, 1.82) is 0 Å². The van der Waals surface area contributed by atoms with E-state index in [1.54, 1.807) is 18.6 Å². The van der Waals surface area contributed by atoms with E-state index in [1.807, 2.05) is 0 Å². The summed E-state index contributed by atoms with van der Waals surface area (Å²) in [7, 11) is 0. The molecule has 0 aliphatic heterocycles. The normalized spacial score (nSPS) is 34.2. The van der Waals surface area contributed by atoms with E-state index < -0.39 is 0 Å². The van der Waals surface area contributed by atoms with Gasteiger partial charge in [0.1, 0.15) is 0 Å². The van der Waals surface area contributed by atoms with Crippen LogP contribution in [0.4, 0.5) is 0 Å². The third kappa shape index (κ3) is 1.84. The number of hydrogen-bond donors (Lipinski definition) is 1. The van der Waals surface area contributed by atoms with Crippen LogP contribution in [0.2, 0.25) is 0 Å². The van der Waals surface area contributed by atoms with Gasteiger partial charge in [0, 0.05) is 24.6 Å². The molecule has 2 saturated carbocycles. The number of hydrogen-bond acceptors (Lipinski definition) is 3. The Balaban J connectivity index is 1.63. The topological polar surface area (TPSA) is 51.8 Å². The van der Waals surface area contributed by atoms with Gasteiger partial charge in [-0.05, 0) is 43.4 Å². The van der Waals surface area contributed by atoms with Crippen LogP contribution in [0.1, 0.15) is 43.8 Å². The lowest BCUT2D eigenvalue weighted by Gasteiger charge is -2.24. The average Bonchev–Trinajstić information content (AvgIpc) is 2.92. The minimum atomic E-state index is 0.0815. The molecule has 2 aliphatic rings. The molecular weight excluding hydrogens is 198 g/mol. The van der Waals surface area contributed by atoms with E-state index in [-0.39, 0.29) is 6.04 Å². The Morgan fingerprint density at radius 1 is 1.31 bits per heavy atom. The molecule has 1 aromatic rings. The fourth-order valence-electron chi connectivity index (χ4n) is 3.61. The van der Waals surface area contributed by atoms with Gasteiger partial charge in [-0.15, -0.1) is 0 Å². The van der Waals surface area contributed by atoms with Gasteiger partial charge in [0.15, 0.2) is 0 Å². The highest BCUT2D eigenvalue weighted by Gasteiger charge is 2.39. The van der Waals surface area contributed by atoms with Crippen LogP contribution < -0.4 is 5.73 Å². The zero-order valence-corrected chi connectivity index (χ0v) is 9.55. The zero-order chi connectivity index (χ0) is 11.0. The van der Waals surface area contributed by atoms with E-state index >= 15 is 0 Å². The molecule has 1 aromatic heterocycles. The van der Waals surface area contributed by atoms with Crippen molar-refractivity contribution >= 4 is 0 Å². The van der Waals surface area contributed by atoms with Gasteiger partial charge in [-0.2, -0.15) is 0 Å². The van der Waals surface area contributed by atoms with E-state index in [0.717, 1.165) is 29.9 Å². The molecular formula is C13H19N3. The minimum absolute atomic E-state index is 0.0815. The van der Waals surface area contributed by atoms with E-state index in [9.17, 15) is 0 Å². The molecule has 2 aliphatic carbocycles. The Labute approximate surface area is 96.5 Å². The van der Waals surface area contributed by atoms with Gasteiger partial charge < -0.3 is 5.73 Å². The van der Waals surface area contributed by atoms with E-state index in [2.05, 4.69) is 9.97 Å². The molecule has 0 saturated heterocycles. The Hall–Kier alpha value is -0.960. The maximum atomic E-state index is 6.20. The molecule has 4 atom stereocenters. The molecule has 3 nitrogen and oxygen atoms in total. The summed E-state index contributed by atoms with van der Waals surface area (Å²) in [5.41, 5.74) is 7.15. The number of rotatable bonds is 3. The van der Waals surface area contributed by atoms with Crippen LogP contribution in [0.3, 0.4) is 0 Å². The molecule has 1 heterocycles. The highest BCUT2D eigenvalue weighted by Crippen LogP contribution is 2.50. The van der Waals surface area contributed by atoms with Gasteiger partial charge >= 0.3 is 0 Å². The minimum Gasteiger partial charge on any atom is -0.323 e. The molecule has 3 rings (SSSR count). The van der Waals surface area contributed by atoms with Crippen LogP contribution in [0, 0.1) is 17.8 Å². The highest BCUT2D eigenvalue weighted by molar-refractivity contribution is 5.03. The quantitative estimate of drug-likeness (QED) is 0.845. The summed E-state index contributed by atoms with van der Waals surface area (Å²) in [5, 5.41) is 0. The lowest BCUT2D eigenvalue weighted by molar-refractivity contribution is 0.294. The first-order chi connectivity index (χ1) is 7.83. The van der Waals surface area contributed by atoms with Crippen LogP contribution in [0.15, 0.2) is 18.6 Å². The summed E-state index contributed by atoms with van der Waals surface area (Å²) in [6.07, 6.45) is 12.1. The fourth-order valence-corrected chi connectivity index (χ4v) is 3.61. The molecule has 16 heavy (non-hydrogen) atoms. The molecule has 2 N–H and O–H groups in total. The SMILES string of the molecule is NC(CC1CC2CCC1C2)c1cnccn1. The predicted octanol–water partition coefficient (Wildman–Crippen LogP) is 2.30. The Kier molecular flexibility index (Phi) is 2.64. The van der Waals surface area contributed by atoms with Crippen molar-refractivity contribution in [1.82, 2.24) is 9.97 Å². The molecule has 0 amide bonds. The van der Waals surface area contributed by atoms with Crippen LogP contribution in [0.25, 0.3) is 0 Å². The summed E-state index contributed by atoms with van der Waals surface area (Å²) in [6, 6.07) is 0.0815. The smallest absolute Gasteiger partial charge is 0.0753 e. The molecule has 4 unspecified atom stereocenters. The van der Waals surface area contributed by atoms with Crippen LogP contribution in [-0.2, 0) is 0 Å². The Morgan fingerprint density at radius 2 is 2.25 bits per heavy atom. The van der Waals surface area contributed by atoms with Gasteiger partial charge in [0.25, 0.3) is 0 Å². The number of fused-ring (bicyclic) bond motifs is 2. The first kappa shape index (κ1) is 10.2. The van der Waals surface area contributed by atoms with E-state index in [4.69, 9.17) is 5.73 Å². The van der Waals surface area contributed by atoms with Crippen molar-refractivity contribution in [3.05, 3.63) is 24.3 Å². The van der Waals surface area contributed by atoms with Crippen molar-refractivity contribution in [2.75, 3.05) is 0 Å². The molecule has 2 bridgehead atoms. The number of nitrogens with zero attached hydrogens (tertiary/aromatic N) is 2. The molecule has 0 radical (unpaired) electrons. The molecule has 0 spiro atoms. The largest absolute Gasteiger partial charge is 0.323 e. The molecule has 86 valence electrons. The number of aromatic nitrogens is 2. The highest BCUT2D eigenvalue weighted by atomic mass is 14.8. The molecule has 2 fully saturated rings. The van der Waals surface area contributed by atoms with E-state index in [0.29, 0.717) is 0 Å². The second kappa shape index (κ2) is 4.13. The molecule has 3 heteroatoms. The zero-order valence-electron chi connectivity index (χ0n) is 9.55. The lowest BCUT2D eigenvalue weighted by Crippen LogP contribution is -2.20. The van der Waals surface area contributed by atoms with Crippen molar-refractivity contribution in [2.45, 2.75) is 38.1 Å². The maximum absolute atomic E-state index is 6.20. The maximum Gasteiger partial charge on any atom is 0.0753 e. The average molecular weight is 217 g/mol. The number of nitrogens with two attached hydrogens (primary N) is 1. The third-order valence-electron chi connectivity index (χ3n) is 4.40. The van der Waals surface area contributed by atoms with Gasteiger partial charge in [-0.3, -0.25) is 9.97 Å². The van der Waals surface area contributed by atoms with Crippen molar-refractivity contribution in [2.24, 2.45) is 23.5 Å². The summed E-state index contributed by atoms with van der Waals surface area (Å²) < 4.78 is 0. The van der Waals surface area contributed by atoms with E-state index in [1.165, 1.54) is 25.7 Å². The summed E-state index contributed by atoms with van der Waals surface area (Å²) in [4.78, 5) is 8.38. The standard InChI is InChI=1S/C13H19N3/c14-12(13-8-15-3-4-16-13)7-11-6-9-1-2-10(11)5-9/h3-4,8-12H,1-2,5-7,14H2. The van der Waals surface area contributed by atoms with Gasteiger partial charge in [0.05, 0.1) is 5.69 Å². The second-order valence-electron chi connectivity index (χ2n) is 5.41. The van der Waals surface area contributed by atoms with Gasteiger partial charge in [-0.25, -0.2) is 0 Å². The van der Waals surface area contributed by atoms with Crippen molar-refractivity contribution in [3.63, 3.8) is 0 Å². The van der Waals surface area contributed by atoms with Gasteiger partial charge in [-0.1, -0.05) is 6.42 Å². The lowest BCUT2D eigenvalue weighted by atomic mass is 9.84. The summed E-state index contributed by atoms with van der Waals surface area (Å²) in [6.45, 7) is 0. The molecule has 0 aromatic carbocycles. The third-order valence-corrected chi connectivity index (χ3v) is 4.40. The first-order valence-corrected chi connectivity index (χ1v) is 6.34. The van der Waals surface area contributed by atoms with Gasteiger partial charge in [0.2, 0.25) is 0 Å². The summed E-state index contributed by atoms with van der Waals surface area (Å²) >= 11 is 0. The van der Waals surface area contributed by atoms with Crippen LogP contribution >= 0.6 is 0 Å². The predicted molar refractivity (Wildman–Crippen MR) is 62.5 cm³/mol. The summed E-state index contributed by atoms with van der Waals surface area (Å²) in [5.74, 6) is 2.80. The van der Waals surface area contributed by atoms with Crippen LogP contribution in [0.5, 0.6) is 0 Å². The fraction of sp³-hybridized carbons (Fsp3) is 0.692. The van der Waals surface area contributed by atoms with Crippen LogP contribution in [-0.4, -0.2) is 9.97 Å².